The molecule has 0 atom stereocenters. The molecule has 1 aliphatic rings. The van der Waals surface area contributed by atoms with E-state index in [9.17, 15) is 9.59 Å². The van der Waals surface area contributed by atoms with Gasteiger partial charge in [-0.2, -0.15) is 0 Å². The monoisotopic (exact) mass is 369 g/mol. The molecule has 1 fully saturated rings. The van der Waals surface area contributed by atoms with E-state index in [2.05, 4.69) is 16.0 Å². The molecule has 0 bridgehead atoms. The Kier molecular flexibility index (Phi) is 5.93. The molecule has 0 aliphatic carbocycles. The number of methoxy groups -OCH3 is 2. The van der Waals surface area contributed by atoms with Crippen LogP contribution in [-0.2, 0) is 0 Å². The molecule has 142 valence electrons. The first-order valence-electron chi connectivity index (χ1n) is 8.73. The molecule has 3 rings (SSSR count). The lowest BCUT2D eigenvalue weighted by Gasteiger charge is -2.27. The van der Waals surface area contributed by atoms with Crippen molar-refractivity contribution in [3.63, 3.8) is 0 Å². The zero-order valence-electron chi connectivity index (χ0n) is 15.4. The smallest absolute Gasteiger partial charge is 0.255 e. The molecular weight excluding hydrogens is 346 g/mol. The van der Waals surface area contributed by atoms with Gasteiger partial charge in [-0.25, -0.2) is 0 Å². The van der Waals surface area contributed by atoms with E-state index in [1.165, 1.54) is 14.2 Å². The molecule has 1 aliphatic heterocycles. The lowest BCUT2D eigenvalue weighted by molar-refractivity contribution is 0.0942. The Balaban J connectivity index is 1.86. The van der Waals surface area contributed by atoms with Crippen molar-refractivity contribution in [2.24, 2.45) is 5.92 Å². The topological polar surface area (TPSA) is 88.7 Å². The highest BCUT2D eigenvalue weighted by Crippen LogP contribution is 2.33. The normalized spacial score (nSPS) is 13.4. The second-order valence-electron chi connectivity index (χ2n) is 6.31. The van der Waals surface area contributed by atoms with Gasteiger partial charge in [0.1, 0.15) is 0 Å². The fraction of sp³-hybridized carbons (Fsp3) is 0.300. The van der Waals surface area contributed by atoms with E-state index in [-0.39, 0.29) is 11.8 Å². The molecule has 27 heavy (non-hydrogen) atoms. The van der Waals surface area contributed by atoms with Gasteiger partial charge in [0.05, 0.1) is 25.5 Å². The summed E-state index contributed by atoms with van der Waals surface area (Å²) in [6.07, 6.45) is 0. The van der Waals surface area contributed by atoms with E-state index in [1.54, 1.807) is 36.4 Å². The molecule has 0 radical (unpaired) electrons. The summed E-state index contributed by atoms with van der Waals surface area (Å²) < 4.78 is 10.6. The van der Waals surface area contributed by atoms with E-state index >= 15 is 0 Å². The number of amides is 2. The molecule has 2 amide bonds. The fourth-order valence-corrected chi connectivity index (χ4v) is 2.78. The van der Waals surface area contributed by atoms with Gasteiger partial charge < -0.3 is 25.4 Å². The summed E-state index contributed by atoms with van der Waals surface area (Å²) >= 11 is 0. The van der Waals surface area contributed by atoms with E-state index < -0.39 is 0 Å². The third kappa shape index (κ3) is 4.38. The van der Waals surface area contributed by atoms with Gasteiger partial charge in [0.2, 0.25) is 0 Å². The van der Waals surface area contributed by atoms with E-state index in [0.717, 1.165) is 13.1 Å². The molecule has 0 spiro atoms. The van der Waals surface area contributed by atoms with E-state index in [1.807, 2.05) is 6.07 Å². The molecule has 3 N–H and O–H groups in total. The number of nitrogens with one attached hydrogen (secondary N) is 3. The second-order valence-corrected chi connectivity index (χ2v) is 6.31. The standard InChI is InChI=1S/C20H23N3O4/c1-26-17-8-15(20(25)22-12-13-10-21-11-13)16(9-18(17)27-2)23-19(24)14-6-4-3-5-7-14/h3-9,13,21H,10-12H2,1-2H3,(H,22,25)(H,23,24). The highest BCUT2D eigenvalue weighted by Gasteiger charge is 2.21. The highest BCUT2D eigenvalue weighted by molar-refractivity contribution is 6.09. The van der Waals surface area contributed by atoms with Crippen LogP contribution in [-0.4, -0.2) is 45.7 Å². The minimum absolute atomic E-state index is 0.272. The maximum Gasteiger partial charge on any atom is 0.255 e. The zero-order valence-corrected chi connectivity index (χ0v) is 15.4. The van der Waals surface area contributed by atoms with E-state index in [4.69, 9.17) is 9.47 Å². The number of hydrogen-bond donors (Lipinski definition) is 3. The summed E-state index contributed by atoms with van der Waals surface area (Å²) in [7, 11) is 3.01. The van der Waals surface area contributed by atoms with E-state index in [0.29, 0.717) is 40.8 Å². The fourth-order valence-electron chi connectivity index (χ4n) is 2.78. The Morgan fingerprint density at radius 1 is 1.04 bits per heavy atom. The third-order valence-corrected chi connectivity index (χ3v) is 4.47. The largest absolute Gasteiger partial charge is 0.493 e. The van der Waals surface area contributed by atoms with Gasteiger partial charge in [-0.3, -0.25) is 9.59 Å². The molecule has 7 heteroatoms. The summed E-state index contributed by atoms with van der Waals surface area (Å²) in [4.78, 5) is 25.3. The Bertz CT molecular complexity index is 819. The van der Waals surface area contributed by atoms with Gasteiger partial charge in [0.25, 0.3) is 11.8 Å². The van der Waals surface area contributed by atoms with Crippen LogP contribution in [0.2, 0.25) is 0 Å². The lowest BCUT2D eigenvalue weighted by Crippen LogP contribution is -2.48. The van der Waals surface area contributed by atoms with Crippen LogP contribution >= 0.6 is 0 Å². The van der Waals surface area contributed by atoms with Crippen molar-refractivity contribution >= 4 is 17.5 Å². The number of hydrogen-bond acceptors (Lipinski definition) is 5. The molecule has 2 aromatic carbocycles. The number of anilines is 1. The Hall–Kier alpha value is -3.06. The van der Waals surface area contributed by atoms with Gasteiger partial charge >= 0.3 is 0 Å². The van der Waals surface area contributed by atoms with Gasteiger partial charge in [0.15, 0.2) is 11.5 Å². The first-order valence-corrected chi connectivity index (χ1v) is 8.73. The highest BCUT2D eigenvalue weighted by atomic mass is 16.5. The van der Waals surface area contributed by atoms with Crippen molar-refractivity contribution in [1.82, 2.24) is 10.6 Å². The van der Waals surface area contributed by atoms with Crippen LogP contribution in [0.15, 0.2) is 42.5 Å². The molecule has 0 aromatic heterocycles. The Morgan fingerprint density at radius 3 is 2.30 bits per heavy atom. The number of carbonyl (C=O) groups excluding carboxylic acids is 2. The maximum absolute atomic E-state index is 12.7. The number of rotatable bonds is 7. The number of benzene rings is 2. The molecule has 0 saturated carbocycles. The minimum Gasteiger partial charge on any atom is -0.493 e. The van der Waals surface area contributed by atoms with Gasteiger partial charge in [-0.05, 0) is 18.2 Å². The van der Waals surface area contributed by atoms with Crippen molar-refractivity contribution in [2.75, 3.05) is 39.2 Å². The first-order chi connectivity index (χ1) is 13.1. The molecule has 2 aromatic rings. The summed E-state index contributed by atoms with van der Waals surface area (Å²) in [5, 5.41) is 8.89. The molecule has 1 heterocycles. The Labute approximate surface area is 158 Å². The van der Waals surface area contributed by atoms with Gasteiger partial charge in [-0.15, -0.1) is 0 Å². The van der Waals surface area contributed by atoms with Crippen LogP contribution < -0.4 is 25.4 Å². The van der Waals surface area contributed by atoms with Crippen LogP contribution in [0.5, 0.6) is 11.5 Å². The van der Waals surface area contributed by atoms with Gasteiger partial charge in [0, 0.05) is 37.2 Å². The summed E-state index contributed by atoms with van der Waals surface area (Å²) in [6.45, 7) is 2.36. The van der Waals surface area contributed by atoms with Crippen LogP contribution in [0.1, 0.15) is 20.7 Å². The quantitative estimate of drug-likeness (QED) is 0.694. The average Bonchev–Trinajstić information content (AvgIpc) is 2.66. The average molecular weight is 369 g/mol. The zero-order chi connectivity index (χ0) is 19.2. The summed E-state index contributed by atoms with van der Waals surface area (Å²) in [5.74, 6) is 0.703. The SMILES string of the molecule is COc1cc(NC(=O)c2ccccc2)c(C(=O)NCC2CNC2)cc1OC. The van der Waals surface area contributed by atoms with Crippen molar-refractivity contribution in [3.8, 4) is 11.5 Å². The van der Waals surface area contributed by atoms with Crippen LogP contribution in [0, 0.1) is 5.92 Å². The van der Waals surface area contributed by atoms with Crippen LogP contribution in [0.3, 0.4) is 0 Å². The molecule has 7 nitrogen and oxygen atoms in total. The predicted molar refractivity (Wildman–Crippen MR) is 103 cm³/mol. The summed E-state index contributed by atoms with van der Waals surface area (Å²) in [6, 6.07) is 12.0. The first kappa shape index (κ1) is 18.7. The second kappa shape index (κ2) is 8.55. The van der Waals surface area contributed by atoms with Crippen molar-refractivity contribution in [3.05, 3.63) is 53.6 Å². The Morgan fingerprint density at radius 2 is 1.70 bits per heavy atom. The van der Waals surface area contributed by atoms with Crippen molar-refractivity contribution in [1.29, 1.82) is 0 Å². The van der Waals surface area contributed by atoms with Crippen LogP contribution in [0.25, 0.3) is 0 Å². The van der Waals surface area contributed by atoms with Gasteiger partial charge in [-0.1, -0.05) is 18.2 Å². The molecular formula is C20H23N3O4. The predicted octanol–water partition coefficient (Wildman–Crippen LogP) is 1.91. The van der Waals surface area contributed by atoms with Crippen molar-refractivity contribution in [2.45, 2.75) is 0 Å². The lowest BCUT2D eigenvalue weighted by atomic mass is 10.0. The minimum atomic E-state index is -0.305. The summed E-state index contributed by atoms with van der Waals surface area (Å²) in [5.41, 5.74) is 1.19. The maximum atomic E-state index is 12.7. The molecule has 0 unspecified atom stereocenters. The number of carbonyl (C=O) groups is 2. The third-order valence-electron chi connectivity index (χ3n) is 4.47. The molecule has 1 saturated heterocycles. The number of ether oxygens (including phenoxy) is 2. The van der Waals surface area contributed by atoms with Crippen molar-refractivity contribution < 1.29 is 19.1 Å². The van der Waals surface area contributed by atoms with Crippen LogP contribution in [0.4, 0.5) is 5.69 Å².